The zero-order valence-electron chi connectivity index (χ0n) is 44.4. The molecule has 0 aliphatic heterocycles. The first-order valence-corrected chi connectivity index (χ1v) is 26.6. The molecule has 6 rings (SSSR count). The van der Waals surface area contributed by atoms with E-state index in [2.05, 4.69) is 52.0 Å². The van der Waals surface area contributed by atoms with Gasteiger partial charge in [-0.15, -0.1) is 0 Å². The number of rotatable bonds is 21. The Bertz CT molecular complexity index is 2220. The Kier molecular flexibility index (Phi) is 21.3. The molecule has 0 radical (unpaired) electrons. The first-order chi connectivity index (χ1) is 33.8. The van der Waals surface area contributed by atoms with Crippen molar-refractivity contribution in [2.75, 3.05) is 26.4 Å². The van der Waals surface area contributed by atoms with Gasteiger partial charge >= 0.3 is 11.9 Å². The van der Waals surface area contributed by atoms with Crippen LogP contribution >= 0.6 is 0 Å². The van der Waals surface area contributed by atoms with Crippen molar-refractivity contribution in [3.8, 4) is 23.0 Å². The maximum Gasteiger partial charge on any atom is 0.302 e. The molecular weight excluding hydrogens is 893 g/mol. The maximum atomic E-state index is 11.8. The highest BCUT2D eigenvalue weighted by atomic mass is 16.5. The van der Waals surface area contributed by atoms with Gasteiger partial charge in [0, 0.05) is 61.7 Å². The van der Waals surface area contributed by atoms with Crippen molar-refractivity contribution in [3.63, 3.8) is 0 Å². The number of aromatic hydroxyl groups is 4. The third kappa shape index (κ3) is 15.5. The van der Waals surface area contributed by atoms with E-state index in [4.69, 9.17) is 19.7 Å². The van der Waals surface area contributed by atoms with E-state index >= 15 is 0 Å². The minimum atomic E-state index is -0.271. The van der Waals surface area contributed by atoms with E-state index in [1.165, 1.54) is 26.7 Å². The van der Waals surface area contributed by atoms with Crippen LogP contribution in [0.2, 0.25) is 0 Å². The average Bonchev–Trinajstić information content (AvgIpc) is 3.32. The monoisotopic (exact) mass is 979 g/mol. The van der Waals surface area contributed by atoms with Crippen molar-refractivity contribution >= 4 is 11.9 Å². The highest BCUT2D eigenvalue weighted by molar-refractivity contribution is 5.66. The minimum absolute atomic E-state index is 0.0929. The number of hydrogen-bond acceptors (Lipinski definition) is 10. The van der Waals surface area contributed by atoms with Crippen LogP contribution in [0.1, 0.15) is 204 Å². The quantitative estimate of drug-likeness (QED) is 0.0348. The number of hydrogen-bond donors (Lipinski definition) is 6. The van der Waals surface area contributed by atoms with Crippen molar-refractivity contribution in [2.24, 2.45) is 5.92 Å². The Morgan fingerprint density at radius 1 is 0.521 bits per heavy atom. The maximum absolute atomic E-state index is 11.8. The number of phenolic OH excluding ortho intramolecular Hbond substituents is 4. The first kappa shape index (κ1) is 56.8. The van der Waals surface area contributed by atoms with Gasteiger partial charge in [0.05, 0.1) is 13.2 Å². The lowest BCUT2D eigenvalue weighted by Crippen LogP contribution is -2.26. The second-order valence-electron chi connectivity index (χ2n) is 21.7. The van der Waals surface area contributed by atoms with Crippen molar-refractivity contribution in [1.82, 2.24) is 0 Å². The van der Waals surface area contributed by atoms with Gasteiger partial charge in [0.25, 0.3) is 0 Å². The van der Waals surface area contributed by atoms with Crippen LogP contribution in [0.15, 0.2) is 48.5 Å². The van der Waals surface area contributed by atoms with Gasteiger partial charge in [-0.05, 0) is 152 Å². The van der Waals surface area contributed by atoms with Crippen LogP contribution < -0.4 is 0 Å². The lowest BCUT2D eigenvalue weighted by atomic mass is 9.69. The second-order valence-corrected chi connectivity index (χ2v) is 21.7. The zero-order chi connectivity index (χ0) is 51.9. The third-order valence-electron chi connectivity index (χ3n) is 15.3. The summed E-state index contributed by atoms with van der Waals surface area (Å²) in [5, 5.41) is 63.6. The lowest BCUT2D eigenvalue weighted by Gasteiger charge is -2.36. The molecule has 10 heteroatoms. The van der Waals surface area contributed by atoms with E-state index < -0.39 is 0 Å². The van der Waals surface area contributed by atoms with E-state index in [-0.39, 0.29) is 59.3 Å². The number of aliphatic hydroxyl groups excluding tert-OH is 2. The Morgan fingerprint density at radius 2 is 0.873 bits per heavy atom. The molecule has 390 valence electrons. The van der Waals surface area contributed by atoms with Gasteiger partial charge in [0.1, 0.15) is 23.0 Å². The molecule has 0 heterocycles. The van der Waals surface area contributed by atoms with Crippen LogP contribution in [0.3, 0.4) is 0 Å². The summed E-state index contributed by atoms with van der Waals surface area (Å²) in [6.07, 6.45) is 17.4. The first-order valence-electron chi connectivity index (χ1n) is 26.6. The largest absolute Gasteiger partial charge is 0.507 e. The minimum Gasteiger partial charge on any atom is -0.507 e. The smallest absolute Gasteiger partial charge is 0.302 e. The van der Waals surface area contributed by atoms with Crippen molar-refractivity contribution in [2.45, 2.75) is 194 Å². The fourth-order valence-corrected chi connectivity index (χ4v) is 11.4. The molecule has 71 heavy (non-hydrogen) atoms. The molecule has 2 aliphatic carbocycles. The SMILES string of the molecule is CC(=O)OCCCc1cc(Cc2cc(CCCOC(C)=O)cc(C3(C)CCCCC3)c2O)c(O)c(C2(C)CCCCC2)c1.Cc1cc(CCCO)cc(C(c2cc(CCCO)cc(C)c2O)C(C)C)c1O. The Morgan fingerprint density at radius 3 is 1.21 bits per heavy atom. The van der Waals surface area contributed by atoms with E-state index in [1.54, 1.807) is 0 Å². The van der Waals surface area contributed by atoms with Crippen LogP contribution in [0.4, 0.5) is 0 Å². The van der Waals surface area contributed by atoms with E-state index in [0.717, 1.165) is 144 Å². The van der Waals surface area contributed by atoms with Crippen molar-refractivity contribution < 1.29 is 49.7 Å². The number of ether oxygens (including phenoxy) is 2. The van der Waals surface area contributed by atoms with Crippen LogP contribution in [0.5, 0.6) is 23.0 Å². The molecule has 0 aromatic heterocycles. The molecule has 4 aromatic rings. The van der Waals surface area contributed by atoms with Crippen molar-refractivity contribution in [1.29, 1.82) is 0 Å². The highest BCUT2D eigenvalue weighted by Gasteiger charge is 2.35. The van der Waals surface area contributed by atoms with Gasteiger partial charge in [-0.3, -0.25) is 9.59 Å². The molecule has 6 N–H and O–H groups in total. The summed E-state index contributed by atoms with van der Waals surface area (Å²) in [6.45, 7) is 16.4. The molecule has 2 aliphatic rings. The molecule has 10 nitrogen and oxygen atoms in total. The van der Waals surface area contributed by atoms with E-state index in [9.17, 15) is 30.0 Å². The standard InChI is InChI=1S/C37H52O6.C24H34O4/c1-26(38)42-19-11-13-28-21-30(34(40)32(23-28)36(3)15-7-5-8-16-36)25-31-22-29(14-12-20-43-27(2)39)24-33(35(31)41)37(4)17-9-6-10-18-37;1-15(2)22(20-13-18(7-5-9-25)11-16(3)23(20)27)21-14-19(8-6-10-26)12-17(4)24(21)28/h21-24,40-41H,5-20,25H2,1-4H3;11-15,22,25-28H,5-10H2,1-4H3. The van der Waals surface area contributed by atoms with Crippen LogP contribution in [-0.2, 0) is 62.0 Å². The second kappa shape index (κ2) is 26.6. The van der Waals surface area contributed by atoms with Gasteiger partial charge in [0.15, 0.2) is 0 Å². The molecule has 0 atom stereocenters. The summed E-state index contributed by atoms with van der Waals surface area (Å²) in [7, 11) is 0. The average molecular weight is 979 g/mol. The molecule has 0 saturated heterocycles. The number of esters is 2. The van der Waals surface area contributed by atoms with Gasteiger partial charge in [-0.2, -0.15) is 0 Å². The van der Waals surface area contributed by atoms with Crippen molar-refractivity contribution in [3.05, 3.63) is 115 Å². The molecule has 0 amide bonds. The van der Waals surface area contributed by atoms with Gasteiger partial charge in [-0.1, -0.05) is 115 Å². The zero-order valence-corrected chi connectivity index (χ0v) is 44.4. The molecule has 0 spiro atoms. The third-order valence-corrected chi connectivity index (χ3v) is 15.3. The van der Waals surface area contributed by atoms with Crippen LogP contribution in [0.25, 0.3) is 0 Å². The highest BCUT2D eigenvalue weighted by Crippen LogP contribution is 2.48. The number of carbonyl (C=O) groups is 2. The molecule has 0 unspecified atom stereocenters. The fourth-order valence-electron chi connectivity index (χ4n) is 11.4. The molecule has 0 bridgehead atoms. The molecule has 2 fully saturated rings. The van der Waals surface area contributed by atoms with Gasteiger partial charge in [-0.25, -0.2) is 0 Å². The topological polar surface area (TPSA) is 174 Å². The van der Waals surface area contributed by atoms with Gasteiger partial charge < -0.3 is 40.1 Å². The van der Waals surface area contributed by atoms with E-state index in [0.29, 0.717) is 56.8 Å². The van der Waals surface area contributed by atoms with Crippen LogP contribution in [-0.4, -0.2) is 69.0 Å². The summed E-state index contributed by atoms with van der Waals surface area (Å²) >= 11 is 0. The summed E-state index contributed by atoms with van der Waals surface area (Å²) in [6, 6.07) is 16.4. The summed E-state index contributed by atoms with van der Waals surface area (Å²) < 4.78 is 10.4. The van der Waals surface area contributed by atoms with Gasteiger partial charge in [0.2, 0.25) is 0 Å². The Hall–Kier alpha value is -5.06. The number of aryl methyl sites for hydroxylation is 6. The number of phenols is 4. The lowest BCUT2D eigenvalue weighted by molar-refractivity contribution is -0.142. The Labute approximate surface area is 424 Å². The predicted molar refractivity (Wildman–Crippen MR) is 283 cm³/mol. The van der Waals surface area contributed by atoms with Crippen LogP contribution in [0, 0.1) is 19.8 Å². The predicted octanol–water partition coefficient (Wildman–Crippen LogP) is 12.5. The molecule has 2 saturated carbocycles. The number of benzene rings is 4. The number of aliphatic hydroxyl groups is 2. The summed E-state index contributed by atoms with van der Waals surface area (Å²) in [5.74, 6) is 0.697. The Balaban J connectivity index is 0.000000290. The van der Waals surface area contributed by atoms with E-state index in [1.807, 2.05) is 38.1 Å². The summed E-state index contributed by atoms with van der Waals surface area (Å²) in [4.78, 5) is 22.6. The molecule has 4 aromatic carbocycles. The normalized spacial score (nSPS) is 15.3. The fraction of sp³-hybridized carbons (Fsp3) is 0.574. The number of carbonyl (C=O) groups excluding carboxylic acids is 2. The summed E-state index contributed by atoms with van der Waals surface area (Å²) in [5.41, 5.74) is 11.1. The molecular formula is C61H86O10.